The third kappa shape index (κ3) is 3.94. The molecule has 2 heterocycles. The highest BCUT2D eigenvalue weighted by Gasteiger charge is 2.21. The highest BCUT2D eigenvalue weighted by atomic mass is 16.3. The standard InChI is InChI=1S/C15H23N5O2/c1-15(2,22)9-19-14(21)10-7-11(12(16)18-8-10)13(17)20-5-3-4-6-20/h7-8,17,22H,3-6,9H2,1-2H3,(H2,16,18)(H,19,21). The Labute approximate surface area is 130 Å². The Balaban J connectivity index is 2.15. The van der Waals surface area contributed by atoms with E-state index in [1.807, 2.05) is 4.90 Å². The third-order valence-electron chi connectivity index (χ3n) is 3.54. The van der Waals surface area contributed by atoms with Crippen LogP contribution in [0, 0.1) is 5.41 Å². The molecule has 22 heavy (non-hydrogen) atoms. The van der Waals surface area contributed by atoms with Crippen LogP contribution in [-0.4, -0.2) is 52.0 Å². The highest BCUT2D eigenvalue weighted by Crippen LogP contribution is 2.17. The molecule has 0 radical (unpaired) electrons. The van der Waals surface area contributed by atoms with Crippen molar-refractivity contribution in [3.8, 4) is 0 Å². The number of nitrogens with zero attached hydrogens (tertiary/aromatic N) is 2. The van der Waals surface area contributed by atoms with E-state index in [-0.39, 0.29) is 18.3 Å². The zero-order chi connectivity index (χ0) is 16.3. The van der Waals surface area contributed by atoms with Crippen LogP contribution in [0.5, 0.6) is 0 Å². The van der Waals surface area contributed by atoms with Crippen molar-refractivity contribution >= 4 is 17.6 Å². The maximum absolute atomic E-state index is 12.1. The molecule has 1 aliphatic rings. The molecule has 5 N–H and O–H groups in total. The molecule has 1 aromatic heterocycles. The fourth-order valence-corrected chi connectivity index (χ4v) is 2.30. The zero-order valence-corrected chi connectivity index (χ0v) is 13.0. The summed E-state index contributed by atoms with van der Waals surface area (Å²) in [6.07, 6.45) is 3.50. The van der Waals surface area contributed by atoms with E-state index in [0.29, 0.717) is 17.0 Å². The molecule has 0 unspecified atom stereocenters. The van der Waals surface area contributed by atoms with Crippen molar-refractivity contribution in [2.24, 2.45) is 0 Å². The van der Waals surface area contributed by atoms with Gasteiger partial charge in [-0.2, -0.15) is 0 Å². The van der Waals surface area contributed by atoms with Crippen LogP contribution < -0.4 is 11.1 Å². The summed E-state index contributed by atoms with van der Waals surface area (Å²) in [5, 5.41) is 20.5. The van der Waals surface area contributed by atoms with Gasteiger partial charge in [-0.05, 0) is 32.8 Å². The molecule has 1 saturated heterocycles. The van der Waals surface area contributed by atoms with Crippen LogP contribution in [0.4, 0.5) is 5.82 Å². The van der Waals surface area contributed by atoms with Crippen LogP contribution in [0.3, 0.4) is 0 Å². The van der Waals surface area contributed by atoms with Crippen LogP contribution in [0.25, 0.3) is 0 Å². The van der Waals surface area contributed by atoms with E-state index in [1.165, 1.54) is 6.20 Å². The monoisotopic (exact) mass is 305 g/mol. The first-order valence-electron chi connectivity index (χ1n) is 7.38. The lowest BCUT2D eigenvalue weighted by atomic mass is 10.1. The number of hydrogen-bond donors (Lipinski definition) is 4. The molecule has 0 bridgehead atoms. The number of rotatable bonds is 4. The molecular formula is C15H23N5O2. The lowest BCUT2D eigenvalue weighted by Crippen LogP contribution is -2.38. The van der Waals surface area contributed by atoms with Gasteiger partial charge in [-0.25, -0.2) is 4.98 Å². The van der Waals surface area contributed by atoms with Crippen molar-refractivity contribution in [3.63, 3.8) is 0 Å². The van der Waals surface area contributed by atoms with Gasteiger partial charge in [0.1, 0.15) is 11.7 Å². The maximum atomic E-state index is 12.1. The quantitative estimate of drug-likeness (QED) is 0.480. The number of hydrogen-bond acceptors (Lipinski definition) is 5. The topological polar surface area (TPSA) is 115 Å². The van der Waals surface area contributed by atoms with Crippen LogP contribution in [0.1, 0.15) is 42.6 Å². The Bertz CT molecular complexity index is 574. The molecule has 1 aromatic rings. The van der Waals surface area contributed by atoms with Gasteiger partial charge in [0, 0.05) is 25.8 Å². The zero-order valence-electron chi connectivity index (χ0n) is 13.0. The molecule has 0 spiro atoms. The van der Waals surface area contributed by atoms with Crippen molar-refractivity contribution in [3.05, 3.63) is 23.4 Å². The van der Waals surface area contributed by atoms with Gasteiger partial charge >= 0.3 is 0 Å². The average molecular weight is 305 g/mol. The number of nitrogens with one attached hydrogen (secondary N) is 2. The number of likely N-dealkylation sites (tertiary alicyclic amines) is 1. The average Bonchev–Trinajstić information content (AvgIpc) is 2.98. The van der Waals surface area contributed by atoms with Gasteiger partial charge in [0.15, 0.2) is 0 Å². The molecule has 2 rings (SSSR count). The molecule has 1 amide bonds. The van der Waals surface area contributed by atoms with E-state index in [4.69, 9.17) is 11.1 Å². The smallest absolute Gasteiger partial charge is 0.252 e. The van der Waals surface area contributed by atoms with E-state index in [1.54, 1.807) is 19.9 Å². The highest BCUT2D eigenvalue weighted by molar-refractivity contribution is 6.03. The number of nitrogens with two attached hydrogens (primary N) is 1. The Morgan fingerprint density at radius 1 is 1.50 bits per heavy atom. The number of carbonyl (C=O) groups is 1. The second-order valence-corrected chi connectivity index (χ2v) is 6.19. The van der Waals surface area contributed by atoms with E-state index >= 15 is 0 Å². The second-order valence-electron chi connectivity index (χ2n) is 6.19. The van der Waals surface area contributed by atoms with Crippen LogP contribution in [-0.2, 0) is 0 Å². The maximum Gasteiger partial charge on any atom is 0.252 e. The molecule has 0 atom stereocenters. The minimum absolute atomic E-state index is 0.134. The van der Waals surface area contributed by atoms with Crippen molar-refractivity contribution in [1.29, 1.82) is 5.41 Å². The lowest BCUT2D eigenvalue weighted by Gasteiger charge is -2.20. The molecule has 0 aromatic carbocycles. The number of pyridine rings is 1. The molecule has 7 nitrogen and oxygen atoms in total. The molecule has 1 fully saturated rings. The Kier molecular flexibility index (Phi) is 4.65. The van der Waals surface area contributed by atoms with Crippen LogP contribution >= 0.6 is 0 Å². The van der Waals surface area contributed by atoms with Crippen LogP contribution in [0.2, 0.25) is 0 Å². The minimum atomic E-state index is -0.984. The normalized spacial score (nSPS) is 15.0. The molecular weight excluding hydrogens is 282 g/mol. The fourth-order valence-electron chi connectivity index (χ4n) is 2.30. The number of aromatic nitrogens is 1. The van der Waals surface area contributed by atoms with Gasteiger partial charge in [0.05, 0.1) is 16.7 Å². The van der Waals surface area contributed by atoms with Gasteiger partial charge in [0.2, 0.25) is 0 Å². The summed E-state index contributed by atoms with van der Waals surface area (Å²) in [6, 6.07) is 1.59. The van der Waals surface area contributed by atoms with Gasteiger partial charge in [-0.1, -0.05) is 0 Å². The first kappa shape index (κ1) is 16.2. The minimum Gasteiger partial charge on any atom is -0.389 e. The summed E-state index contributed by atoms with van der Waals surface area (Å²) in [4.78, 5) is 18.1. The molecule has 120 valence electrons. The SMILES string of the molecule is CC(C)(O)CNC(=O)c1cnc(N)c(C(=N)N2CCCC2)c1. The summed E-state index contributed by atoms with van der Waals surface area (Å²) in [7, 11) is 0. The predicted molar refractivity (Wildman–Crippen MR) is 84.9 cm³/mol. The van der Waals surface area contributed by atoms with Crippen molar-refractivity contribution < 1.29 is 9.90 Å². The number of amidine groups is 1. The third-order valence-corrected chi connectivity index (χ3v) is 3.54. The number of aliphatic hydroxyl groups is 1. The summed E-state index contributed by atoms with van der Waals surface area (Å²) in [5.74, 6) is 0.209. The summed E-state index contributed by atoms with van der Waals surface area (Å²) in [5.41, 5.74) is 5.67. The van der Waals surface area contributed by atoms with Crippen molar-refractivity contribution in [1.82, 2.24) is 15.2 Å². The van der Waals surface area contributed by atoms with Crippen molar-refractivity contribution in [2.45, 2.75) is 32.3 Å². The number of nitrogen functional groups attached to an aromatic ring is 1. The first-order valence-corrected chi connectivity index (χ1v) is 7.38. The molecule has 0 saturated carbocycles. The number of anilines is 1. The van der Waals surface area contributed by atoms with E-state index in [0.717, 1.165) is 25.9 Å². The number of carbonyl (C=O) groups excluding carboxylic acids is 1. The summed E-state index contributed by atoms with van der Waals surface area (Å²) < 4.78 is 0. The fraction of sp³-hybridized carbons (Fsp3) is 0.533. The van der Waals surface area contributed by atoms with Crippen molar-refractivity contribution in [2.75, 3.05) is 25.4 Å². The molecule has 1 aliphatic heterocycles. The van der Waals surface area contributed by atoms with Gasteiger partial charge in [-0.15, -0.1) is 0 Å². The summed E-state index contributed by atoms with van der Waals surface area (Å²) in [6.45, 7) is 5.02. The van der Waals surface area contributed by atoms with Gasteiger partial charge < -0.3 is 21.1 Å². The summed E-state index contributed by atoms with van der Waals surface area (Å²) >= 11 is 0. The van der Waals surface area contributed by atoms with E-state index in [2.05, 4.69) is 10.3 Å². The van der Waals surface area contributed by atoms with Gasteiger partial charge in [-0.3, -0.25) is 10.2 Å². The Morgan fingerprint density at radius 3 is 2.73 bits per heavy atom. The first-order chi connectivity index (χ1) is 10.3. The van der Waals surface area contributed by atoms with Crippen LogP contribution in [0.15, 0.2) is 12.3 Å². The van der Waals surface area contributed by atoms with E-state index in [9.17, 15) is 9.90 Å². The molecule has 0 aliphatic carbocycles. The number of amides is 1. The van der Waals surface area contributed by atoms with Gasteiger partial charge in [0.25, 0.3) is 5.91 Å². The lowest BCUT2D eigenvalue weighted by molar-refractivity contribution is 0.0694. The Morgan fingerprint density at radius 2 is 2.14 bits per heavy atom. The molecule has 7 heteroatoms. The second kappa shape index (κ2) is 6.31. The largest absolute Gasteiger partial charge is 0.389 e. The predicted octanol–water partition coefficient (Wildman–Crippen LogP) is 0.586. The van der Waals surface area contributed by atoms with E-state index < -0.39 is 5.60 Å². The Hall–Kier alpha value is -2.15.